The van der Waals surface area contributed by atoms with E-state index < -0.39 is 0 Å². The maximum absolute atomic E-state index is 3.84. The molecule has 0 aromatic rings. The van der Waals surface area contributed by atoms with Crippen LogP contribution in [0.3, 0.4) is 0 Å². The predicted molar refractivity (Wildman–Crippen MR) is 75.9 cm³/mol. The van der Waals surface area contributed by atoms with Crippen molar-refractivity contribution in [1.82, 2.24) is 9.80 Å². The van der Waals surface area contributed by atoms with E-state index in [4.69, 9.17) is 0 Å². The van der Waals surface area contributed by atoms with Crippen molar-refractivity contribution in [2.75, 3.05) is 26.2 Å². The highest BCUT2D eigenvalue weighted by Gasteiger charge is 2.51. The summed E-state index contributed by atoms with van der Waals surface area (Å²) in [5, 5.41) is 0. The van der Waals surface area contributed by atoms with E-state index in [2.05, 4.69) is 36.1 Å². The Morgan fingerprint density at radius 2 is 1.00 bits per heavy atom. The molecule has 1 saturated carbocycles. The van der Waals surface area contributed by atoms with Gasteiger partial charge in [-0.1, -0.05) is 24.3 Å². The summed E-state index contributed by atoms with van der Waals surface area (Å²) < 4.78 is 0. The SMILES string of the molecule is C=CCN(CC=C)C1(N(CC=C)CC=C)CC1. The van der Waals surface area contributed by atoms with Gasteiger partial charge in [0.25, 0.3) is 0 Å². The van der Waals surface area contributed by atoms with Crippen LogP contribution in [0.15, 0.2) is 50.6 Å². The first kappa shape index (κ1) is 13.9. The zero-order valence-electron chi connectivity index (χ0n) is 10.8. The Hall–Kier alpha value is -1.12. The minimum atomic E-state index is 0.171. The molecule has 0 spiro atoms. The lowest BCUT2D eigenvalue weighted by Gasteiger charge is -2.39. The molecule has 0 aromatic carbocycles. The first-order valence-electron chi connectivity index (χ1n) is 6.19. The van der Waals surface area contributed by atoms with Crippen molar-refractivity contribution in [1.29, 1.82) is 0 Å². The topological polar surface area (TPSA) is 6.48 Å². The summed E-state index contributed by atoms with van der Waals surface area (Å²) in [4.78, 5) is 4.86. The van der Waals surface area contributed by atoms with Crippen molar-refractivity contribution in [3.8, 4) is 0 Å². The van der Waals surface area contributed by atoms with Gasteiger partial charge in [-0.25, -0.2) is 0 Å². The van der Waals surface area contributed by atoms with Crippen LogP contribution >= 0.6 is 0 Å². The molecular weight excluding hydrogens is 208 g/mol. The lowest BCUT2D eigenvalue weighted by molar-refractivity contribution is 0.0537. The van der Waals surface area contributed by atoms with Crippen LogP contribution < -0.4 is 0 Å². The third-order valence-electron chi connectivity index (χ3n) is 3.27. The second-order valence-corrected chi connectivity index (χ2v) is 4.45. The van der Waals surface area contributed by atoms with Gasteiger partial charge in [-0.05, 0) is 12.8 Å². The zero-order valence-corrected chi connectivity index (χ0v) is 10.8. The first-order valence-corrected chi connectivity index (χ1v) is 6.19. The summed E-state index contributed by atoms with van der Waals surface area (Å²) in [5.74, 6) is 0. The van der Waals surface area contributed by atoms with Crippen LogP contribution in [0.2, 0.25) is 0 Å². The van der Waals surface area contributed by atoms with Gasteiger partial charge in [0.05, 0.1) is 5.66 Å². The average Bonchev–Trinajstić information content (AvgIpc) is 3.10. The lowest BCUT2D eigenvalue weighted by Crippen LogP contribution is -2.51. The summed E-state index contributed by atoms with van der Waals surface area (Å²) >= 11 is 0. The van der Waals surface area contributed by atoms with E-state index >= 15 is 0 Å². The van der Waals surface area contributed by atoms with Gasteiger partial charge in [0.15, 0.2) is 0 Å². The molecular formula is C15H24N2. The van der Waals surface area contributed by atoms with E-state index in [9.17, 15) is 0 Å². The van der Waals surface area contributed by atoms with Crippen molar-refractivity contribution in [2.24, 2.45) is 0 Å². The fourth-order valence-electron chi connectivity index (χ4n) is 2.40. The van der Waals surface area contributed by atoms with Crippen LogP contribution in [0, 0.1) is 0 Å². The maximum atomic E-state index is 3.84. The Balaban J connectivity index is 2.79. The van der Waals surface area contributed by atoms with E-state index in [-0.39, 0.29) is 5.66 Å². The van der Waals surface area contributed by atoms with Gasteiger partial charge >= 0.3 is 0 Å². The first-order chi connectivity index (χ1) is 8.25. The molecule has 1 aliphatic carbocycles. The van der Waals surface area contributed by atoms with Crippen molar-refractivity contribution < 1.29 is 0 Å². The molecule has 0 bridgehead atoms. The molecule has 2 nitrogen and oxygen atoms in total. The highest BCUT2D eigenvalue weighted by atomic mass is 15.4. The van der Waals surface area contributed by atoms with E-state index in [1.165, 1.54) is 12.8 Å². The number of hydrogen-bond acceptors (Lipinski definition) is 2. The molecule has 1 fully saturated rings. The molecule has 0 N–H and O–H groups in total. The standard InChI is InChI=1S/C15H24N2/c1-5-11-16(12-6-2)15(9-10-15)17(13-7-3)14-8-4/h5-8H,1-4,9-14H2. The van der Waals surface area contributed by atoms with Crippen LogP contribution in [-0.2, 0) is 0 Å². The van der Waals surface area contributed by atoms with Gasteiger partial charge in [-0.15, -0.1) is 26.3 Å². The summed E-state index contributed by atoms with van der Waals surface area (Å²) in [6.07, 6.45) is 10.3. The molecule has 1 rings (SSSR count). The minimum Gasteiger partial charge on any atom is -0.278 e. The minimum absolute atomic E-state index is 0.171. The fourth-order valence-corrected chi connectivity index (χ4v) is 2.40. The van der Waals surface area contributed by atoms with Crippen molar-refractivity contribution >= 4 is 0 Å². The number of nitrogens with zero attached hydrogens (tertiary/aromatic N) is 2. The molecule has 0 radical (unpaired) electrons. The molecule has 0 atom stereocenters. The Labute approximate surface area is 106 Å². The van der Waals surface area contributed by atoms with Crippen molar-refractivity contribution in [2.45, 2.75) is 18.5 Å². The molecule has 17 heavy (non-hydrogen) atoms. The van der Waals surface area contributed by atoms with Gasteiger partial charge in [-0.3, -0.25) is 9.80 Å². The Morgan fingerprint density at radius 1 is 0.706 bits per heavy atom. The van der Waals surface area contributed by atoms with Crippen molar-refractivity contribution in [3.05, 3.63) is 50.6 Å². The molecule has 0 unspecified atom stereocenters. The van der Waals surface area contributed by atoms with Crippen LogP contribution in [0.4, 0.5) is 0 Å². The molecule has 94 valence electrons. The van der Waals surface area contributed by atoms with E-state index in [0.29, 0.717) is 0 Å². The molecule has 2 heteroatoms. The quantitative estimate of drug-likeness (QED) is 0.422. The smallest absolute Gasteiger partial charge is 0.0750 e. The Morgan fingerprint density at radius 3 is 1.18 bits per heavy atom. The van der Waals surface area contributed by atoms with Gasteiger partial charge < -0.3 is 0 Å². The summed E-state index contributed by atoms with van der Waals surface area (Å²) in [6.45, 7) is 19.0. The number of rotatable bonds is 10. The molecule has 0 amide bonds. The predicted octanol–water partition coefficient (Wildman–Crippen LogP) is 2.82. The normalized spacial score (nSPS) is 16.8. The van der Waals surface area contributed by atoms with Crippen LogP contribution in [0.1, 0.15) is 12.8 Å². The largest absolute Gasteiger partial charge is 0.278 e. The molecule has 1 aliphatic rings. The second-order valence-electron chi connectivity index (χ2n) is 4.45. The van der Waals surface area contributed by atoms with Gasteiger partial charge in [0, 0.05) is 26.2 Å². The molecule has 0 aliphatic heterocycles. The third-order valence-corrected chi connectivity index (χ3v) is 3.27. The maximum Gasteiger partial charge on any atom is 0.0750 e. The summed E-state index contributed by atoms with van der Waals surface area (Å²) in [6, 6.07) is 0. The molecule has 0 saturated heterocycles. The molecule has 0 heterocycles. The van der Waals surface area contributed by atoms with Crippen LogP contribution in [-0.4, -0.2) is 41.6 Å². The Bertz CT molecular complexity index is 243. The lowest BCUT2D eigenvalue weighted by atomic mass is 10.2. The van der Waals surface area contributed by atoms with Crippen LogP contribution in [0.25, 0.3) is 0 Å². The van der Waals surface area contributed by atoms with Gasteiger partial charge in [-0.2, -0.15) is 0 Å². The monoisotopic (exact) mass is 232 g/mol. The van der Waals surface area contributed by atoms with Crippen molar-refractivity contribution in [3.63, 3.8) is 0 Å². The van der Waals surface area contributed by atoms with Crippen LogP contribution in [0.5, 0.6) is 0 Å². The fraction of sp³-hybridized carbons (Fsp3) is 0.467. The highest BCUT2D eigenvalue weighted by molar-refractivity contribution is 5.08. The van der Waals surface area contributed by atoms with Gasteiger partial charge in [0.1, 0.15) is 0 Å². The molecule has 0 aromatic heterocycles. The van der Waals surface area contributed by atoms with E-state index in [0.717, 1.165) is 26.2 Å². The highest BCUT2D eigenvalue weighted by Crippen LogP contribution is 2.44. The third kappa shape index (κ3) is 3.18. The summed E-state index contributed by atoms with van der Waals surface area (Å²) in [7, 11) is 0. The van der Waals surface area contributed by atoms with E-state index in [1.54, 1.807) is 0 Å². The summed E-state index contributed by atoms with van der Waals surface area (Å²) in [5.41, 5.74) is 0.171. The second kappa shape index (κ2) is 6.58. The average molecular weight is 232 g/mol. The zero-order chi connectivity index (χ0) is 12.7. The van der Waals surface area contributed by atoms with Gasteiger partial charge in [0.2, 0.25) is 0 Å². The van der Waals surface area contributed by atoms with E-state index in [1.807, 2.05) is 24.3 Å². The Kier molecular flexibility index (Phi) is 5.39. The number of hydrogen-bond donors (Lipinski definition) is 0.